The van der Waals surface area contributed by atoms with Crippen LogP contribution >= 0.6 is 11.3 Å². The van der Waals surface area contributed by atoms with Crippen LogP contribution in [0.2, 0.25) is 0 Å². The topological polar surface area (TPSA) is 25.8 Å². The number of nitrogens with zero attached hydrogens (tertiary/aromatic N) is 2. The summed E-state index contributed by atoms with van der Waals surface area (Å²) in [4.78, 5) is 0. The summed E-state index contributed by atoms with van der Waals surface area (Å²) in [5.74, 6) is -2.31. The molecule has 78 valence electrons. The standard InChI is InChI=1S/C9H12F2N2S/c1-6(2)8(3-9(10,11)4-8)7-13-12-5-14-7/h5-6H,3-4H2,1-2H3. The molecule has 2 nitrogen and oxygen atoms in total. The molecule has 5 heteroatoms. The third kappa shape index (κ3) is 1.34. The van der Waals surface area contributed by atoms with Gasteiger partial charge in [-0.3, -0.25) is 0 Å². The second kappa shape index (κ2) is 2.95. The molecule has 2 rings (SSSR count). The van der Waals surface area contributed by atoms with E-state index >= 15 is 0 Å². The molecule has 1 fully saturated rings. The highest BCUT2D eigenvalue weighted by atomic mass is 32.1. The van der Waals surface area contributed by atoms with Crippen LogP contribution in [0.15, 0.2) is 5.51 Å². The fraction of sp³-hybridized carbons (Fsp3) is 0.778. The number of rotatable bonds is 2. The van der Waals surface area contributed by atoms with Crippen LogP contribution in [0.1, 0.15) is 31.7 Å². The van der Waals surface area contributed by atoms with E-state index in [1.165, 1.54) is 11.3 Å². The van der Waals surface area contributed by atoms with Gasteiger partial charge in [-0.25, -0.2) is 8.78 Å². The van der Waals surface area contributed by atoms with Gasteiger partial charge in [-0.05, 0) is 5.92 Å². The van der Waals surface area contributed by atoms with Gasteiger partial charge >= 0.3 is 0 Å². The van der Waals surface area contributed by atoms with Crippen LogP contribution in [0.25, 0.3) is 0 Å². The minimum absolute atomic E-state index is 0.0765. The highest BCUT2D eigenvalue weighted by molar-refractivity contribution is 7.09. The van der Waals surface area contributed by atoms with Gasteiger partial charge in [-0.15, -0.1) is 21.5 Å². The quantitative estimate of drug-likeness (QED) is 0.762. The van der Waals surface area contributed by atoms with Crippen LogP contribution in [-0.4, -0.2) is 16.1 Å². The summed E-state index contributed by atoms with van der Waals surface area (Å²) in [6, 6.07) is 0. The van der Waals surface area contributed by atoms with E-state index in [0.717, 1.165) is 5.01 Å². The Hall–Kier alpha value is -0.580. The molecule has 0 saturated heterocycles. The lowest BCUT2D eigenvalue weighted by Gasteiger charge is -2.48. The third-order valence-corrected chi connectivity index (χ3v) is 3.95. The maximum absolute atomic E-state index is 12.9. The largest absolute Gasteiger partial charge is 0.250 e. The minimum atomic E-state index is -2.50. The number of hydrogen-bond donors (Lipinski definition) is 0. The Morgan fingerprint density at radius 2 is 2.07 bits per heavy atom. The van der Waals surface area contributed by atoms with Crippen molar-refractivity contribution in [2.75, 3.05) is 0 Å². The van der Waals surface area contributed by atoms with E-state index in [2.05, 4.69) is 10.2 Å². The summed E-state index contributed by atoms with van der Waals surface area (Å²) >= 11 is 1.38. The maximum atomic E-state index is 12.9. The highest BCUT2D eigenvalue weighted by Crippen LogP contribution is 2.57. The molecule has 1 aliphatic carbocycles. The van der Waals surface area contributed by atoms with E-state index in [-0.39, 0.29) is 18.8 Å². The van der Waals surface area contributed by atoms with E-state index < -0.39 is 11.3 Å². The van der Waals surface area contributed by atoms with Crippen molar-refractivity contribution in [3.05, 3.63) is 10.5 Å². The molecule has 1 aliphatic rings. The number of hydrogen-bond acceptors (Lipinski definition) is 3. The average molecular weight is 218 g/mol. The molecule has 0 bridgehead atoms. The molecule has 0 radical (unpaired) electrons. The zero-order chi connectivity index (χ0) is 10.4. The fourth-order valence-corrected chi connectivity index (χ4v) is 2.97. The average Bonchev–Trinajstić information content (AvgIpc) is 2.50. The SMILES string of the molecule is CC(C)C1(c2nncs2)CC(F)(F)C1. The van der Waals surface area contributed by atoms with Crippen LogP contribution in [0.3, 0.4) is 0 Å². The molecule has 0 atom stereocenters. The molecule has 1 aromatic heterocycles. The molecule has 0 aromatic carbocycles. The van der Waals surface area contributed by atoms with Crippen molar-refractivity contribution in [2.24, 2.45) is 5.92 Å². The highest BCUT2D eigenvalue weighted by Gasteiger charge is 2.60. The Morgan fingerprint density at radius 3 is 2.43 bits per heavy atom. The van der Waals surface area contributed by atoms with Crippen LogP contribution in [0, 0.1) is 5.92 Å². The Kier molecular flexibility index (Phi) is 2.10. The first-order valence-corrected chi connectivity index (χ1v) is 5.49. The van der Waals surface area contributed by atoms with E-state index in [4.69, 9.17) is 0 Å². The summed E-state index contributed by atoms with van der Waals surface area (Å²) in [5, 5.41) is 8.42. The second-order valence-corrected chi connectivity index (χ2v) is 5.10. The maximum Gasteiger partial charge on any atom is 0.250 e. The number of halogens is 2. The van der Waals surface area contributed by atoms with Crippen molar-refractivity contribution >= 4 is 11.3 Å². The van der Waals surface area contributed by atoms with Gasteiger partial charge in [0.1, 0.15) is 10.5 Å². The lowest BCUT2D eigenvalue weighted by Crippen LogP contribution is -2.52. The third-order valence-electron chi connectivity index (χ3n) is 3.04. The monoisotopic (exact) mass is 218 g/mol. The van der Waals surface area contributed by atoms with Crippen LogP contribution < -0.4 is 0 Å². The predicted molar refractivity (Wildman–Crippen MR) is 50.6 cm³/mol. The van der Waals surface area contributed by atoms with Gasteiger partial charge in [-0.2, -0.15) is 0 Å². The zero-order valence-electron chi connectivity index (χ0n) is 8.13. The molecular formula is C9H12F2N2S. The van der Waals surface area contributed by atoms with Gasteiger partial charge in [0, 0.05) is 18.3 Å². The van der Waals surface area contributed by atoms with Crippen LogP contribution in [0.5, 0.6) is 0 Å². The van der Waals surface area contributed by atoms with Gasteiger partial charge in [0.05, 0.1) is 0 Å². The van der Waals surface area contributed by atoms with Gasteiger partial charge in [0.2, 0.25) is 5.92 Å². The van der Waals surface area contributed by atoms with E-state index in [1.54, 1.807) is 5.51 Å². The number of alkyl halides is 2. The molecule has 0 aliphatic heterocycles. The molecule has 1 saturated carbocycles. The molecule has 1 aromatic rings. The van der Waals surface area contributed by atoms with Crippen molar-refractivity contribution in [2.45, 2.75) is 38.0 Å². The van der Waals surface area contributed by atoms with Crippen molar-refractivity contribution in [3.8, 4) is 0 Å². The fourth-order valence-electron chi connectivity index (χ4n) is 2.07. The lowest BCUT2D eigenvalue weighted by molar-refractivity contribution is -0.141. The van der Waals surface area contributed by atoms with Crippen LogP contribution in [-0.2, 0) is 5.41 Å². The Morgan fingerprint density at radius 1 is 1.43 bits per heavy atom. The molecule has 14 heavy (non-hydrogen) atoms. The zero-order valence-corrected chi connectivity index (χ0v) is 8.94. The Labute approximate surface area is 85.4 Å². The first kappa shape index (κ1) is 9.96. The van der Waals surface area contributed by atoms with Crippen molar-refractivity contribution in [1.82, 2.24) is 10.2 Å². The summed E-state index contributed by atoms with van der Waals surface area (Å²) in [6.07, 6.45) is -0.153. The van der Waals surface area contributed by atoms with Crippen molar-refractivity contribution in [1.29, 1.82) is 0 Å². The lowest BCUT2D eigenvalue weighted by atomic mass is 9.60. The predicted octanol–water partition coefficient (Wildman–Crippen LogP) is 2.86. The second-order valence-electron chi connectivity index (χ2n) is 4.26. The molecule has 0 spiro atoms. The summed E-state index contributed by atoms with van der Waals surface area (Å²) in [7, 11) is 0. The normalized spacial score (nSPS) is 23.5. The molecule has 1 heterocycles. The first-order chi connectivity index (χ1) is 6.46. The van der Waals surface area contributed by atoms with Crippen molar-refractivity contribution < 1.29 is 8.78 Å². The van der Waals surface area contributed by atoms with Gasteiger partial charge in [0.25, 0.3) is 0 Å². The van der Waals surface area contributed by atoms with Gasteiger partial charge < -0.3 is 0 Å². The van der Waals surface area contributed by atoms with Crippen molar-refractivity contribution in [3.63, 3.8) is 0 Å². The van der Waals surface area contributed by atoms with Crippen LogP contribution in [0.4, 0.5) is 8.78 Å². The van der Waals surface area contributed by atoms with Gasteiger partial charge in [-0.1, -0.05) is 13.8 Å². The first-order valence-electron chi connectivity index (χ1n) is 4.61. The molecule has 0 amide bonds. The van der Waals surface area contributed by atoms with E-state index in [9.17, 15) is 8.78 Å². The molecule has 0 unspecified atom stereocenters. The number of aromatic nitrogens is 2. The molecule has 0 N–H and O–H groups in total. The smallest absolute Gasteiger partial charge is 0.207 e. The summed E-state index contributed by atoms with van der Waals surface area (Å²) in [5.41, 5.74) is 1.18. The summed E-state index contributed by atoms with van der Waals surface area (Å²) < 4.78 is 25.9. The van der Waals surface area contributed by atoms with Gasteiger partial charge in [0.15, 0.2) is 0 Å². The molecular weight excluding hydrogens is 206 g/mol. The summed E-state index contributed by atoms with van der Waals surface area (Å²) in [6.45, 7) is 3.94. The van der Waals surface area contributed by atoms with E-state index in [1.807, 2.05) is 13.8 Å². The Bertz CT molecular complexity index is 314. The Balaban J connectivity index is 2.28. The minimum Gasteiger partial charge on any atom is -0.207 e. The van der Waals surface area contributed by atoms with E-state index in [0.29, 0.717) is 0 Å².